The molecule has 1 atom stereocenters. The van der Waals surface area contributed by atoms with Gasteiger partial charge in [-0.15, -0.1) is 0 Å². The Bertz CT molecular complexity index is 386. The Morgan fingerprint density at radius 3 is 2.59 bits per heavy atom. The standard InChI is InChI=1S/C14H19NO2/c1-3-17-13(16)14(2,11-9-10-11)15-12-7-5-4-6-8-12/h4-8,11,15H,3,9-10H2,1-2H3. The number of ether oxygens (including phenoxy) is 1. The zero-order valence-corrected chi connectivity index (χ0v) is 10.4. The van der Waals surface area contributed by atoms with Gasteiger partial charge < -0.3 is 10.1 Å². The van der Waals surface area contributed by atoms with Crippen LogP contribution in [0.4, 0.5) is 5.69 Å². The lowest BCUT2D eigenvalue weighted by atomic mass is 9.95. The van der Waals surface area contributed by atoms with E-state index in [9.17, 15) is 4.79 Å². The van der Waals surface area contributed by atoms with E-state index in [1.807, 2.05) is 44.2 Å². The summed E-state index contributed by atoms with van der Waals surface area (Å²) in [5, 5.41) is 3.33. The first-order chi connectivity index (χ1) is 8.16. The molecule has 0 radical (unpaired) electrons. The molecule has 0 spiro atoms. The van der Waals surface area contributed by atoms with Crippen molar-refractivity contribution in [2.75, 3.05) is 11.9 Å². The molecule has 1 aromatic rings. The number of hydrogen-bond acceptors (Lipinski definition) is 3. The molecule has 3 nitrogen and oxygen atoms in total. The molecular formula is C14H19NO2. The molecule has 0 saturated heterocycles. The van der Waals surface area contributed by atoms with Crippen molar-refractivity contribution in [3.8, 4) is 0 Å². The summed E-state index contributed by atoms with van der Waals surface area (Å²) in [6.07, 6.45) is 2.18. The Balaban J connectivity index is 2.14. The van der Waals surface area contributed by atoms with Crippen LogP contribution in [0.25, 0.3) is 0 Å². The maximum atomic E-state index is 12.1. The fourth-order valence-electron chi connectivity index (χ4n) is 2.08. The number of esters is 1. The van der Waals surface area contributed by atoms with Gasteiger partial charge in [-0.3, -0.25) is 0 Å². The maximum Gasteiger partial charge on any atom is 0.331 e. The Morgan fingerprint density at radius 1 is 1.41 bits per heavy atom. The fraction of sp³-hybridized carbons (Fsp3) is 0.500. The van der Waals surface area contributed by atoms with Crippen molar-refractivity contribution in [1.82, 2.24) is 0 Å². The summed E-state index contributed by atoms with van der Waals surface area (Å²) in [5.41, 5.74) is 0.382. The van der Waals surface area contributed by atoms with Gasteiger partial charge in [-0.1, -0.05) is 18.2 Å². The lowest BCUT2D eigenvalue weighted by Crippen LogP contribution is -2.46. The van der Waals surface area contributed by atoms with Crippen LogP contribution in [0.5, 0.6) is 0 Å². The highest BCUT2D eigenvalue weighted by atomic mass is 16.5. The predicted octanol–water partition coefficient (Wildman–Crippen LogP) is 2.83. The molecule has 0 bridgehead atoms. The second-order valence-corrected chi connectivity index (χ2v) is 4.69. The molecule has 1 unspecified atom stereocenters. The molecule has 1 aromatic carbocycles. The Labute approximate surface area is 102 Å². The molecule has 1 aliphatic rings. The van der Waals surface area contributed by atoms with E-state index in [2.05, 4.69) is 5.32 Å². The van der Waals surface area contributed by atoms with Gasteiger partial charge in [-0.25, -0.2) is 4.79 Å². The number of para-hydroxylation sites is 1. The molecule has 1 fully saturated rings. The molecule has 17 heavy (non-hydrogen) atoms. The summed E-state index contributed by atoms with van der Waals surface area (Å²) in [6, 6.07) is 9.82. The zero-order valence-electron chi connectivity index (χ0n) is 10.4. The first kappa shape index (κ1) is 12.0. The van der Waals surface area contributed by atoms with Crippen LogP contribution in [0.3, 0.4) is 0 Å². The van der Waals surface area contributed by atoms with Gasteiger partial charge in [0.2, 0.25) is 0 Å². The molecular weight excluding hydrogens is 214 g/mol. The average molecular weight is 233 g/mol. The summed E-state index contributed by atoms with van der Waals surface area (Å²) in [4.78, 5) is 12.1. The van der Waals surface area contributed by atoms with Crippen LogP contribution in [0.1, 0.15) is 26.7 Å². The molecule has 92 valence electrons. The van der Waals surface area contributed by atoms with Crippen LogP contribution in [0.2, 0.25) is 0 Å². The third kappa shape index (κ3) is 2.60. The van der Waals surface area contributed by atoms with E-state index in [1.54, 1.807) is 0 Å². The maximum absolute atomic E-state index is 12.1. The summed E-state index contributed by atoms with van der Waals surface area (Å²) >= 11 is 0. The van der Waals surface area contributed by atoms with Crippen molar-refractivity contribution in [3.63, 3.8) is 0 Å². The number of nitrogens with one attached hydrogen (secondary N) is 1. The molecule has 1 saturated carbocycles. The monoisotopic (exact) mass is 233 g/mol. The summed E-state index contributed by atoms with van der Waals surface area (Å²) < 4.78 is 5.18. The third-order valence-corrected chi connectivity index (χ3v) is 3.27. The van der Waals surface area contributed by atoms with E-state index in [-0.39, 0.29) is 5.97 Å². The second-order valence-electron chi connectivity index (χ2n) is 4.69. The first-order valence-electron chi connectivity index (χ1n) is 6.17. The third-order valence-electron chi connectivity index (χ3n) is 3.27. The number of hydrogen-bond donors (Lipinski definition) is 1. The number of benzene rings is 1. The van der Waals surface area contributed by atoms with Crippen molar-refractivity contribution in [2.24, 2.45) is 5.92 Å². The van der Waals surface area contributed by atoms with Crippen molar-refractivity contribution in [2.45, 2.75) is 32.2 Å². The van der Waals surface area contributed by atoms with Gasteiger partial charge in [0.1, 0.15) is 5.54 Å². The summed E-state index contributed by atoms with van der Waals surface area (Å²) in [6.45, 7) is 4.21. The molecule has 3 heteroatoms. The van der Waals surface area contributed by atoms with Crippen molar-refractivity contribution in [1.29, 1.82) is 0 Å². The quantitative estimate of drug-likeness (QED) is 0.795. The normalized spacial score (nSPS) is 18.2. The van der Waals surface area contributed by atoms with Gasteiger partial charge in [0, 0.05) is 5.69 Å². The molecule has 2 rings (SSSR count). The van der Waals surface area contributed by atoms with Crippen LogP contribution in [0.15, 0.2) is 30.3 Å². The van der Waals surface area contributed by atoms with Crippen molar-refractivity contribution in [3.05, 3.63) is 30.3 Å². The average Bonchev–Trinajstić information content (AvgIpc) is 3.14. The highest BCUT2D eigenvalue weighted by Crippen LogP contribution is 2.42. The zero-order chi connectivity index (χ0) is 12.3. The van der Waals surface area contributed by atoms with Crippen LogP contribution >= 0.6 is 0 Å². The summed E-state index contributed by atoms with van der Waals surface area (Å²) in [5.74, 6) is 0.244. The Hall–Kier alpha value is -1.51. The highest BCUT2D eigenvalue weighted by Gasteiger charge is 2.48. The van der Waals surface area contributed by atoms with E-state index >= 15 is 0 Å². The number of carbonyl (C=O) groups excluding carboxylic acids is 1. The van der Waals surface area contributed by atoms with E-state index in [1.165, 1.54) is 0 Å². The van der Waals surface area contributed by atoms with Gasteiger partial charge in [-0.2, -0.15) is 0 Å². The van der Waals surface area contributed by atoms with E-state index in [4.69, 9.17) is 4.74 Å². The fourth-order valence-corrected chi connectivity index (χ4v) is 2.08. The minimum Gasteiger partial charge on any atom is -0.464 e. The SMILES string of the molecule is CCOC(=O)C(C)(Nc1ccccc1)C1CC1. The smallest absolute Gasteiger partial charge is 0.331 e. The number of anilines is 1. The van der Waals surface area contributed by atoms with Gasteiger partial charge in [-0.05, 0) is 44.7 Å². The van der Waals surface area contributed by atoms with Gasteiger partial charge in [0.05, 0.1) is 6.61 Å². The molecule has 1 N–H and O–H groups in total. The van der Waals surface area contributed by atoms with Crippen LogP contribution in [-0.4, -0.2) is 18.1 Å². The van der Waals surface area contributed by atoms with E-state index in [0.717, 1.165) is 18.5 Å². The van der Waals surface area contributed by atoms with Gasteiger partial charge >= 0.3 is 5.97 Å². The predicted molar refractivity (Wildman–Crippen MR) is 67.8 cm³/mol. The highest BCUT2D eigenvalue weighted by molar-refractivity contribution is 5.85. The first-order valence-corrected chi connectivity index (χ1v) is 6.17. The molecule has 1 aliphatic carbocycles. The van der Waals surface area contributed by atoms with Crippen molar-refractivity contribution >= 4 is 11.7 Å². The van der Waals surface area contributed by atoms with Crippen LogP contribution < -0.4 is 5.32 Å². The van der Waals surface area contributed by atoms with Crippen LogP contribution in [-0.2, 0) is 9.53 Å². The number of carbonyl (C=O) groups is 1. The Kier molecular flexibility index (Phi) is 3.36. The van der Waals surface area contributed by atoms with Crippen molar-refractivity contribution < 1.29 is 9.53 Å². The summed E-state index contributed by atoms with van der Waals surface area (Å²) in [7, 11) is 0. The topological polar surface area (TPSA) is 38.3 Å². The minimum atomic E-state index is -0.586. The molecule has 0 amide bonds. The van der Waals surface area contributed by atoms with Gasteiger partial charge in [0.25, 0.3) is 0 Å². The Morgan fingerprint density at radius 2 is 2.06 bits per heavy atom. The molecule has 0 heterocycles. The lowest BCUT2D eigenvalue weighted by Gasteiger charge is -2.29. The van der Waals surface area contributed by atoms with E-state index in [0.29, 0.717) is 12.5 Å². The van der Waals surface area contributed by atoms with E-state index < -0.39 is 5.54 Å². The second kappa shape index (κ2) is 4.78. The molecule has 0 aromatic heterocycles. The lowest BCUT2D eigenvalue weighted by molar-refractivity contribution is -0.148. The largest absolute Gasteiger partial charge is 0.464 e. The molecule has 0 aliphatic heterocycles. The van der Waals surface area contributed by atoms with Gasteiger partial charge in [0.15, 0.2) is 0 Å². The van der Waals surface area contributed by atoms with Crippen LogP contribution in [0, 0.1) is 5.92 Å². The minimum absolute atomic E-state index is 0.147. The number of rotatable bonds is 5.